The number of aliphatic hydroxyl groups is 3. The summed E-state index contributed by atoms with van der Waals surface area (Å²) >= 11 is 0. The zero-order valence-electron chi connectivity index (χ0n) is 49.1. The first kappa shape index (κ1) is 63.1. The van der Waals surface area contributed by atoms with E-state index in [2.05, 4.69) is 70.2 Å². The molecule has 4 saturated heterocycles. The molecule has 10 rings (SSSR count). The minimum absolute atomic E-state index is 0.00110. The van der Waals surface area contributed by atoms with E-state index in [0.29, 0.717) is 102 Å². The lowest BCUT2D eigenvalue weighted by Gasteiger charge is -2.40. The molecule has 0 spiro atoms. The molecule has 6 aromatic rings. The first-order chi connectivity index (χ1) is 41.2. The molecule has 0 unspecified atom stereocenters. The van der Waals surface area contributed by atoms with Crippen LogP contribution >= 0.6 is 0 Å². The molecule has 4 fully saturated rings. The molecular weight excluding hydrogens is 1110 g/mol. The van der Waals surface area contributed by atoms with Crippen LogP contribution in [-0.4, -0.2) is 153 Å². The number of pyridine rings is 3. The van der Waals surface area contributed by atoms with Gasteiger partial charge in [-0.25, -0.2) is 23.7 Å². The van der Waals surface area contributed by atoms with Gasteiger partial charge in [-0.1, -0.05) is 91.7 Å². The van der Waals surface area contributed by atoms with Crippen LogP contribution in [0.25, 0.3) is 33.8 Å². The lowest BCUT2D eigenvalue weighted by Crippen LogP contribution is -2.56. The van der Waals surface area contributed by atoms with Crippen LogP contribution in [0.15, 0.2) is 146 Å². The number of nitrogens with zero attached hydrogens (tertiary/aromatic N) is 7. The van der Waals surface area contributed by atoms with Crippen LogP contribution in [-0.2, 0) is 11.3 Å². The van der Waals surface area contributed by atoms with Gasteiger partial charge in [0.1, 0.15) is 22.8 Å². The molecule has 87 heavy (non-hydrogen) atoms. The Bertz CT molecular complexity index is 3750. The van der Waals surface area contributed by atoms with Crippen molar-refractivity contribution >= 4 is 23.4 Å². The average Bonchev–Trinajstić information content (AvgIpc) is 2.47. The van der Waals surface area contributed by atoms with Gasteiger partial charge < -0.3 is 61.6 Å². The van der Waals surface area contributed by atoms with Crippen molar-refractivity contribution in [1.82, 2.24) is 29.7 Å². The number of carbonyl (C=O) groups is 3. The van der Waals surface area contributed by atoms with E-state index in [-0.39, 0.29) is 17.1 Å². The van der Waals surface area contributed by atoms with Crippen molar-refractivity contribution < 1.29 is 48.0 Å². The zero-order chi connectivity index (χ0) is 63.0. The fraction of sp³-hybridized carbons (Fsp3) is 0.284. The van der Waals surface area contributed by atoms with Gasteiger partial charge in [-0.3, -0.25) is 14.4 Å². The second-order valence-electron chi connectivity index (χ2n) is 21.5. The van der Waals surface area contributed by atoms with Crippen LogP contribution in [0.3, 0.4) is 0 Å². The predicted octanol–water partition coefficient (Wildman–Crippen LogP) is 6.34. The number of anilines is 1. The smallest absolute Gasteiger partial charge is 0.282 e. The highest BCUT2D eigenvalue weighted by molar-refractivity contribution is 5.93. The third kappa shape index (κ3) is 15.2. The van der Waals surface area contributed by atoms with Gasteiger partial charge in [-0.2, -0.15) is 0 Å². The number of methoxy groups -OCH3 is 1. The highest BCUT2D eigenvalue weighted by Gasteiger charge is 2.44. The van der Waals surface area contributed by atoms with Crippen molar-refractivity contribution in [2.75, 3.05) is 72.5 Å². The second kappa shape index (κ2) is 26.2. The second-order valence-corrected chi connectivity index (χ2v) is 21.5. The van der Waals surface area contributed by atoms with Crippen LogP contribution in [0.1, 0.15) is 79.9 Å². The van der Waals surface area contributed by atoms with Gasteiger partial charge in [0.05, 0.1) is 60.5 Å². The first-order valence-corrected chi connectivity index (χ1v) is 27.7. The maximum absolute atomic E-state index is 13.3. The molecule has 18 nitrogen and oxygen atoms in total. The van der Waals surface area contributed by atoms with Gasteiger partial charge in [0.2, 0.25) is 0 Å². The maximum Gasteiger partial charge on any atom is 0.282 e. The normalized spacial score (nSPS) is 19.8. The number of likely N-dealkylation sites (tertiary alicyclic amines) is 3. The summed E-state index contributed by atoms with van der Waals surface area (Å²) in [5.41, 5.74) is 21.7. The number of rotatable bonds is 11. The average molecular weight is 1180 g/mol. The Morgan fingerprint density at radius 3 is 1.31 bits per heavy atom. The topological polar surface area (TPSA) is 260 Å². The molecular formula is C67H68F2N10O8. The monoisotopic (exact) mass is 1180 g/mol. The summed E-state index contributed by atoms with van der Waals surface area (Å²) < 4.78 is 37.3. The molecule has 0 aliphatic carbocycles. The predicted molar refractivity (Wildman–Crippen MR) is 328 cm³/mol. The quantitative estimate of drug-likeness (QED) is 0.0774. The largest absolute Gasteiger partial charge is 0.494 e. The minimum Gasteiger partial charge on any atom is -0.494 e. The van der Waals surface area contributed by atoms with Crippen molar-refractivity contribution in [2.45, 2.75) is 55.5 Å². The number of alkyl halides is 2. The Morgan fingerprint density at radius 1 is 0.575 bits per heavy atom. The fourth-order valence-corrected chi connectivity index (χ4v) is 9.78. The van der Waals surface area contributed by atoms with Gasteiger partial charge in [0.25, 0.3) is 23.6 Å². The van der Waals surface area contributed by atoms with Gasteiger partial charge >= 0.3 is 0 Å². The van der Waals surface area contributed by atoms with Gasteiger partial charge in [0.15, 0.2) is 16.8 Å². The number of carbonyl (C=O) groups excluding carboxylic acids is 3. The van der Waals surface area contributed by atoms with E-state index in [4.69, 9.17) is 26.7 Å². The first-order valence-electron chi connectivity index (χ1n) is 27.7. The summed E-state index contributed by atoms with van der Waals surface area (Å²) in [5, 5.41) is 32.1. The molecule has 3 atom stereocenters. The van der Waals surface area contributed by atoms with Crippen LogP contribution in [0, 0.1) is 35.5 Å². The van der Waals surface area contributed by atoms with Gasteiger partial charge in [-0.15, -0.1) is 0 Å². The number of hydrogen-bond donors (Lipinski definition) is 6. The molecule has 9 N–H and O–H groups in total. The van der Waals surface area contributed by atoms with Crippen LogP contribution in [0.2, 0.25) is 0 Å². The third-order valence-electron chi connectivity index (χ3n) is 15.0. The van der Waals surface area contributed by atoms with E-state index in [0.717, 1.165) is 34.4 Å². The number of halogens is 2. The third-order valence-corrected chi connectivity index (χ3v) is 15.0. The number of amides is 3. The highest BCUT2D eigenvalue weighted by Crippen LogP contribution is 2.36. The van der Waals surface area contributed by atoms with Crippen LogP contribution in [0.5, 0.6) is 5.75 Å². The van der Waals surface area contributed by atoms with E-state index >= 15 is 0 Å². The number of benzene rings is 3. The molecule has 20 heteroatoms. The number of primary amides is 3. The number of ether oxygens (including phenoxy) is 2. The minimum atomic E-state index is -2.75. The molecule has 3 amide bonds. The molecule has 4 aliphatic rings. The summed E-state index contributed by atoms with van der Waals surface area (Å²) in [7, 11) is 7.21. The fourth-order valence-electron chi connectivity index (χ4n) is 9.78. The van der Waals surface area contributed by atoms with E-state index in [1.165, 1.54) is 17.0 Å². The Labute approximate surface area is 504 Å². The summed E-state index contributed by atoms with van der Waals surface area (Å²) in [6, 6.07) is 31.8. The lowest BCUT2D eigenvalue weighted by molar-refractivity contribution is -0.0262. The Balaban J connectivity index is 0.000000170. The van der Waals surface area contributed by atoms with Crippen LogP contribution < -0.4 is 26.8 Å². The molecule has 0 bridgehead atoms. The maximum atomic E-state index is 13.3. The van der Waals surface area contributed by atoms with Gasteiger partial charge in [-0.05, 0) is 73.2 Å². The molecule has 0 radical (unpaired) electrons. The van der Waals surface area contributed by atoms with Gasteiger partial charge in [0, 0.05) is 118 Å². The summed E-state index contributed by atoms with van der Waals surface area (Å²) in [6.07, 6.45) is 1.52. The number of nitrogens with two attached hydrogens (primary N) is 3. The molecule has 3 aromatic carbocycles. The highest BCUT2D eigenvalue weighted by atomic mass is 19.3. The number of aromatic nitrogens is 3. The van der Waals surface area contributed by atoms with Crippen molar-refractivity contribution in [1.29, 1.82) is 0 Å². The lowest BCUT2D eigenvalue weighted by atomic mass is 10.00. The number of likely N-dealkylation sites (N-methyl/N-ethyl adjacent to an activating group) is 3. The molecule has 4 aliphatic heterocycles. The SMILES string of the molecule is C=C1N(C)CC[C@@]1(O)C#Cc1cccc(-c2cc(COC)cc(C(N)=O)n2)c1.C=C1N(C)CC[C@@]1(O)C#Cc1cccc(-c2cc(N3CC(F)(F)C3)cc(C(N)=O)n2)c1.C=C1N(C)CC[C@@]1(O)C#Cc1cccc(-c2cc(OCC)cc(C(N)=O)n2)c1. The Morgan fingerprint density at radius 2 is 0.954 bits per heavy atom. The zero-order valence-corrected chi connectivity index (χ0v) is 49.1. The number of hydrogen-bond acceptors (Lipinski definition) is 15. The van der Waals surface area contributed by atoms with Crippen molar-refractivity contribution in [3.63, 3.8) is 0 Å². The summed E-state index contributed by atoms with van der Waals surface area (Å²) in [4.78, 5) is 55.0. The standard InChI is InChI=1S/C23H22F2N4O2.2C22H23N3O3/c1-15-22(31,8-9-28(15)2)7-6-16-4-3-5-17(10-16)19-11-18(12-20(27-19)21(26)30)29-13-23(24,25)14-29;1-15-22(27,9-10-25(15)2)8-7-16-5-4-6-18(11-16)19-12-17(14-28-3)13-20(24-19)21(23)26;1-4-28-18-13-19(24-20(14-18)21(23)26)17-7-5-6-16(12-17)8-9-22(27)10-11-25(3)15(22)2/h3-5,10-12,31H,1,8-9,13-14H2,2H3,(H2,26,30);4-6,11-13,27H,1,9-10,14H2,2-3H3,(H2,23,26);5-7,12-14,27H,2,4,10-11H2,1,3H3,(H2,23,26)/t3*22-/m000/s1. The Kier molecular flexibility index (Phi) is 19.0. The van der Waals surface area contributed by atoms with Crippen molar-refractivity contribution in [3.05, 3.63) is 185 Å². The molecule has 3 aromatic heterocycles. The van der Waals surface area contributed by atoms with Crippen molar-refractivity contribution in [2.24, 2.45) is 17.2 Å². The van der Waals surface area contributed by atoms with E-state index < -0.39 is 53.5 Å². The van der Waals surface area contributed by atoms with Crippen LogP contribution in [0.4, 0.5) is 14.5 Å². The molecule has 0 saturated carbocycles. The molecule has 7 heterocycles. The van der Waals surface area contributed by atoms with Crippen molar-refractivity contribution in [3.8, 4) is 75.0 Å². The summed E-state index contributed by atoms with van der Waals surface area (Å²) in [6.45, 7) is 15.7. The Hall–Kier alpha value is -9.88. The van der Waals surface area contributed by atoms with E-state index in [9.17, 15) is 38.5 Å². The molecule has 448 valence electrons. The summed E-state index contributed by atoms with van der Waals surface area (Å²) in [5.74, 6) is 13.6. The van der Waals surface area contributed by atoms with E-state index in [1.807, 2.05) is 97.4 Å². The van der Waals surface area contributed by atoms with E-state index in [1.54, 1.807) is 49.6 Å².